The molecule has 1 fully saturated rings. The number of hydrogen-bond acceptors (Lipinski definition) is 8. The van der Waals surface area contributed by atoms with Crippen LogP contribution in [0.25, 0.3) is 11.0 Å². The highest BCUT2D eigenvalue weighted by atomic mass is 16.5. The lowest BCUT2D eigenvalue weighted by Crippen LogP contribution is -2.10. The van der Waals surface area contributed by atoms with E-state index in [-0.39, 0.29) is 0 Å². The average molecular weight is 432 g/mol. The van der Waals surface area contributed by atoms with Gasteiger partial charge in [-0.15, -0.1) is 0 Å². The number of anilines is 1. The highest BCUT2D eigenvalue weighted by molar-refractivity contribution is 5.73. The fourth-order valence-electron chi connectivity index (χ4n) is 3.82. The van der Waals surface area contributed by atoms with Gasteiger partial charge < -0.3 is 14.8 Å². The molecule has 5 rings (SSSR count). The number of ether oxygens (including phenoxy) is 2. The lowest BCUT2D eigenvalue weighted by molar-refractivity contribution is 0.267. The normalized spacial score (nSPS) is 17.3. The second-order valence-corrected chi connectivity index (χ2v) is 8.06. The van der Waals surface area contributed by atoms with Crippen molar-refractivity contribution < 1.29 is 9.47 Å². The molecule has 1 aliphatic carbocycles. The van der Waals surface area contributed by atoms with Crippen LogP contribution >= 0.6 is 0 Å². The smallest absolute Gasteiger partial charge is 0.321 e. The molecule has 1 aliphatic rings. The number of rotatable bonds is 8. The van der Waals surface area contributed by atoms with E-state index in [1.807, 2.05) is 44.6 Å². The van der Waals surface area contributed by atoms with Gasteiger partial charge in [0, 0.05) is 49.1 Å². The van der Waals surface area contributed by atoms with E-state index in [1.54, 1.807) is 18.0 Å². The fourth-order valence-corrected chi connectivity index (χ4v) is 3.82. The van der Waals surface area contributed by atoms with Crippen molar-refractivity contribution >= 4 is 16.9 Å². The lowest BCUT2D eigenvalue weighted by atomic mass is 10.2. The third-order valence-electron chi connectivity index (χ3n) is 5.70. The Hall–Kier alpha value is -3.75. The first-order valence-corrected chi connectivity index (χ1v) is 10.6. The van der Waals surface area contributed by atoms with Crippen LogP contribution in [0.3, 0.4) is 0 Å². The quantitative estimate of drug-likeness (QED) is 0.454. The van der Waals surface area contributed by atoms with E-state index >= 15 is 0 Å². The van der Waals surface area contributed by atoms with Crippen LogP contribution in [-0.2, 0) is 13.6 Å². The molecule has 32 heavy (non-hydrogen) atoms. The molecule has 1 saturated carbocycles. The Morgan fingerprint density at radius 1 is 1.16 bits per heavy atom. The Morgan fingerprint density at radius 2 is 2.06 bits per heavy atom. The topological polar surface area (TPSA) is 99.9 Å². The molecule has 0 aromatic carbocycles. The maximum absolute atomic E-state index is 5.96. The number of aromatic nitrogens is 6. The zero-order chi connectivity index (χ0) is 22.1. The molecular weight excluding hydrogens is 406 g/mol. The summed E-state index contributed by atoms with van der Waals surface area (Å²) in [4.78, 5) is 18.1. The highest BCUT2D eigenvalue weighted by Crippen LogP contribution is 2.47. The fraction of sp³-hybridized carbons (Fsp3) is 0.348. The van der Waals surface area contributed by atoms with E-state index in [4.69, 9.17) is 14.5 Å². The van der Waals surface area contributed by atoms with Gasteiger partial charge in [0.15, 0.2) is 0 Å². The summed E-state index contributed by atoms with van der Waals surface area (Å²) < 4.78 is 13.2. The van der Waals surface area contributed by atoms with Gasteiger partial charge >= 0.3 is 6.01 Å². The summed E-state index contributed by atoms with van der Waals surface area (Å²) in [6.07, 6.45) is 6.60. The molecule has 0 spiro atoms. The first-order chi connectivity index (χ1) is 15.6. The first kappa shape index (κ1) is 20.2. The number of pyridine rings is 2. The number of nitrogens with zero attached hydrogens (tertiary/aromatic N) is 6. The van der Waals surface area contributed by atoms with Crippen molar-refractivity contribution in [2.75, 3.05) is 19.0 Å². The van der Waals surface area contributed by atoms with Crippen molar-refractivity contribution in [3.63, 3.8) is 0 Å². The van der Waals surface area contributed by atoms with Crippen LogP contribution in [0.15, 0.2) is 42.9 Å². The zero-order valence-electron chi connectivity index (χ0n) is 18.3. The summed E-state index contributed by atoms with van der Waals surface area (Å²) in [5.41, 5.74) is 4.82. The van der Waals surface area contributed by atoms with E-state index in [0.29, 0.717) is 42.7 Å². The molecule has 1 N–H and O–H groups in total. The van der Waals surface area contributed by atoms with Crippen LogP contribution in [0.5, 0.6) is 11.9 Å². The van der Waals surface area contributed by atoms with Gasteiger partial charge in [-0.3, -0.25) is 14.6 Å². The molecule has 0 radical (unpaired) electrons. The van der Waals surface area contributed by atoms with Gasteiger partial charge in [0.2, 0.25) is 5.88 Å². The Bertz CT molecular complexity index is 1260. The van der Waals surface area contributed by atoms with Crippen LogP contribution in [0.2, 0.25) is 0 Å². The van der Waals surface area contributed by atoms with Crippen LogP contribution in [-0.4, -0.2) is 43.4 Å². The maximum Gasteiger partial charge on any atom is 0.321 e. The molecule has 0 aliphatic heterocycles. The maximum atomic E-state index is 5.96. The van der Waals surface area contributed by atoms with Crippen molar-refractivity contribution in [2.24, 2.45) is 13.0 Å². The summed E-state index contributed by atoms with van der Waals surface area (Å²) in [6.45, 7) is 3.05. The van der Waals surface area contributed by atoms with Crippen LogP contribution < -0.4 is 14.8 Å². The van der Waals surface area contributed by atoms with E-state index in [0.717, 1.165) is 34.3 Å². The van der Waals surface area contributed by atoms with E-state index in [9.17, 15) is 0 Å². The van der Waals surface area contributed by atoms with Crippen molar-refractivity contribution in [1.29, 1.82) is 0 Å². The zero-order valence-corrected chi connectivity index (χ0v) is 18.3. The molecule has 9 heteroatoms. The van der Waals surface area contributed by atoms with Gasteiger partial charge in [-0.2, -0.15) is 15.1 Å². The Balaban J connectivity index is 1.24. The molecule has 4 heterocycles. The van der Waals surface area contributed by atoms with Crippen LogP contribution in [0.1, 0.15) is 29.2 Å². The SMILES string of the molecule is COc1nc(OC[C@H]2C[C@@H]2c2ccc3ncccc3n2)nc(NCc2cnn(C)c2)c1C. The minimum Gasteiger partial charge on any atom is -0.481 e. The van der Waals surface area contributed by atoms with Gasteiger partial charge in [-0.05, 0) is 37.6 Å². The lowest BCUT2D eigenvalue weighted by Gasteiger charge is -2.13. The van der Waals surface area contributed by atoms with Crippen LogP contribution in [0, 0.1) is 12.8 Å². The third kappa shape index (κ3) is 4.18. The highest BCUT2D eigenvalue weighted by Gasteiger charge is 2.40. The van der Waals surface area contributed by atoms with Crippen molar-refractivity contribution in [3.8, 4) is 11.9 Å². The first-order valence-electron chi connectivity index (χ1n) is 10.6. The van der Waals surface area contributed by atoms with E-state index < -0.39 is 0 Å². The molecule has 2 atom stereocenters. The summed E-state index contributed by atoms with van der Waals surface area (Å²) in [6, 6.07) is 8.30. The molecular formula is C23H25N7O2. The summed E-state index contributed by atoms with van der Waals surface area (Å²) in [5.74, 6) is 1.96. The number of methoxy groups -OCH3 is 1. The van der Waals surface area contributed by atoms with Gasteiger partial charge in [0.05, 0.1) is 36.5 Å². The molecule has 4 aromatic rings. The number of fused-ring (bicyclic) bond motifs is 1. The molecule has 9 nitrogen and oxygen atoms in total. The molecule has 4 aromatic heterocycles. The third-order valence-corrected chi connectivity index (χ3v) is 5.70. The second-order valence-electron chi connectivity index (χ2n) is 8.06. The molecule has 0 saturated heterocycles. The number of hydrogen-bond donors (Lipinski definition) is 1. The van der Waals surface area contributed by atoms with Crippen LogP contribution in [0.4, 0.5) is 5.82 Å². The molecule has 0 amide bonds. The Morgan fingerprint density at radius 3 is 2.88 bits per heavy atom. The Labute approximate surface area is 185 Å². The summed E-state index contributed by atoms with van der Waals surface area (Å²) >= 11 is 0. The van der Waals surface area contributed by atoms with Gasteiger partial charge in [0.1, 0.15) is 5.82 Å². The average Bonchev–Trinajstić information content (AvgIpc) is 3.48. The standard InChI is InChI=1S/C23H25N7O2/c1-14-21(25-10-15-11-26-30(2)12-15)28-23(29-22(14)31-3)32-13-16-9-17(16)18-6-7-19-20(27-18)5-4-8-24-19/h4-8,11-12,16-17H,9-10,13H2,1-3H3,(H,25,28,29)/t16-,17+/m1/s1. The minimum absolute atomic E-state index is 0.308. The molecule has 0 bridgehead atoms. The van der Waals surface area contributed by atoms with Crippen molar-refractivity contribution in [2.45, 2.75) is 25.8 Å². The largest absolute Gasteiger partial charge is 0.481 e. The van der Waals surface area contributed by atoms with Gasteiger partial charge in [-0.25, -0.2) is 0 Å². The molecule has 164 valence electrons. The minimum atomic E-state index is 0.308. The number of aryl methyl sites for hydroxylation is 1. The predicted octanol–water partition coefficient (Wildman–Crippen LogP) is 3.26. The van der Waals surface area contributed by atoms with E-state index in [1.165, 1.54) is 0 Å². The predicted molar refractivity (Wildman–Crippen MR) is 120 cm³/mol. The Kier molecular flexibility index (Phi) is 5.30. The summed E-state index contributed by atoms with van der Waals surface area (Å²) in [7, 11) is 3.49. The monoisotopic (exact) mass is 431 g/mol. The summed E-state index contributed by atoms with van der Waals surface area (Å²) in [5, 5.41) is 7.53. The van der Waals surface area contributed by atoms with E-state index in [2.05, 4.69) is 31.4 Å². The van der Waals surface area contributed by atoms with Gasteiger partial charge in [-0.1, -0.05) is 0 Å². The van der Waals surface area contributed by atoms with Crippen molar-refractivity contribution in [1.82, 2.24) is 29.7 Å². The second kappa shape index (κ2) is 8.41. The van der Waals surface area contributed by atoms with Gasteiger partial charge in [0.25, 0.3) is 0 Å². The number of nitrogens with one attached hydrogen (secondary N) is 1. The molecule has 0 unspecified atom stereocenters. The van der Waals surface area contributed by atoms with Crippen molar-refractivity contribution in [3.05, 3.63) is 59.7 Å².